The first-order valence-electron chi connectivity index (χ1n) is 15.4. The molecule has 2 aromatic rings. The number of fused-ring (bicyclic) bond motifs is 1. The molecule has 0 radical (unpaired) electrons. The summed E-state index contributed by atoms with van der Waals surface area (Å²) in [6.45, 7) is 5.75. The van der Waals surface area contributed by atoms with Crippen molar-refractivity contribution in [3.8, 4) is 0 Å². The standard InChI is InChI=1S/C28H35N11O6S3/c1-36-9-11-37(12-10-36)7-4-8-38-28(32-34-35-38)48-14-17-13-46-25-21(24(42)39(25)22(17)26(43)44)31-23(41)20(33-45-18-5-2-3-6-18)19-15-47-27(30-19)29-16-40/h2,5,15-16,18,21,25H,3-4,6-14H2,1H3,(H,31,41)(H,43,44)(H,29,30,40)/b33-20-/t18?,21?,25-/m1/s1. The normalized spacial score (nSPS) is 23.2. The summed E-state index contributed by atoms with van der Waals surface area (Å²) in [5.41, 5.74) is 0.475. The summed E-state index contributed by atoms with van der Waals surface area (Å²) in [4.78, 5) is 65.9. The van der Waals surface area contributed by atoms with Crippen LogP contribution in [0.1, 0.15) is 25.0 Å². The fourth-order valence-corrected chi connectivity index (χ4v) is 8.67. The minimum absolute atomic E-state index is 0.0924. The molecule has 6 rings (SSSR count). The van der Waals surface area contributed by atoms with Crippen molar-refractivity contribution in [3.63, 3.8) is 0 Å². The van der Waals surface area contributed by atoms with E-state index in [-0.39, 0.29) is 34.1 Å². The Morgan fingerprint density at radius 1 is 1.25 bits per heavy atom. The molecule has 48 heavy (non-hydrogen) atoms. The van der Waals surface area contributed by atoms with Crippen molar-refractivity contribution in [2.75, 3.05) is 56.6 Å². The van der Waals surface area contributed by atoms with Crippen molar-refractivity contribution in [2.45, 2.75) is 48.5 Å². The highest BCUT2D eigenvalue weighted by atomic mass is 32.2. The third-order valence-corrected chi connectivity index (χ3v) is 11.4. The molecule has 3 amide bonds. The van der Waals surface area contributed by atoms with Gasteiger partial charge in [-0.1, -0.05) is 23.0 Å². The van der Waals surface area contributed by atoms with Gasteiger partial charge >= 0.3 is 5.97 Å². The summed E-state index contributed by atoms with van der Waals surface area (Å²) < 4.78 is 1.73. The highest BCUT2D eigenvalue weighted by Gasteiger charge is 2.54. The quantitative estimate of drug-likeness (QED) is 0.0568. The number of nitrogens with one attached hydrogen (secondary N) is 2. The Morgan fingerprint density at radius 2 is 2.08 bits per heavy atom. The number of thiazole rings is 1. The van der Waals surface area contributed by atoms with Gasteiger partial charge < -0.3 is 30.4 Å². The molecule has 5 heterocycles. The SMILES string of the molecule is CN1CCN(CCCn2nnnc2SCC2=C(C(=O)O)N3C(=O)C(NC(=O)/C(=N\OC4C=CCC4)c4csc(NC=O)n4)[C@H]3SC2)CC1. The molecule has 3 atom stereocenters. The number of aliphatic carboxylic acids is 1. The minimum Gasteiger partial charge on any atom is -0.477 e. The molecule has 20 heteroatoms. The first-order chi connectivity index (χ1) is 23.3. The van der Waals surface area contributed by atoms with Crippen LogP contribution in [0.2, 0.25) is 0 Å². The summed E-state index contributed by atoms with van der Waals surface area (Å²) in [5.74, 6) is -1.86. The Hall–Kier alpha value is -3.85. The highest BCUT2D eigenvalue weighted by molar-refractivity contribution is 8.01. The maximum Gasteiger partial charge on any atom is 0.352 e. The Kier molecular flexibility index (Phi) is 11.0. The topological polar surface area (TPSA) is 200 Å². The monoisotopic (exact) mass is 717 g/mol. The van der Waals surface area contributed by atoms with Gasteiger partial charge in [-0.3, -0.25) is 19.3 Å². The number of thioether (sulfide) groups is 2. The lowest BCUT2D eigenvalue weighted by Crippen LogP contribution is -2.71. The van der Waals surface area contributed by atoms with Crippen molar-refractivity contribution >= 4 is 69.9 Å². The zero-order valence-corrected chi connectivity index (χ0v) is 28.5. The van der Waals surface area contributed by atoms with Gasteiger partial charge in [-0.25, -0.2) is 14.5 Å². The van der Waals surface area contributed by atoms with E-state index in [0.29, 0.717) is 35.9 Å². The zero-order chi connectivity index (χ0) is 33.6. The van der Waals surface area contributed by atoms with Gasteiger partial charge in [0, 0.05) is 56.2 Å². The van der Waals surface area contributed by atoms with E-state index in [1.54, 1.807) is 10.1 Å². The van der Waals surface area contributed by atoms with E-state index in [4.69, 9.17) is 4.84 Å². The van der Waals surface area contributed by atoms with Crippen LogP contribution >= 0.6 is 34.9 Å². The van der Waals surface area contributed by atoms with Gasteiger partial charge in [0.05, 0.1) is 0 Å². The number of carboxylic acid groups (broad SMARTS) is 1. The Morgan fingerprint density at radius 3 is 2.83 bits per heavy atom. The van der Waals surface area contributed by atoms with Gasteiger partial charge in [0.15, 0.2) is 10.8 Å². The lowest BCUT2D eigenvalue weighted by Gasteiger charge is -2.49. The Labute approximate surface area is 288 Å². The van der Waals surface area contributed by atoms with Crippen LogP contribution in [-0.2, 0) is 30.6 Å². The number of likely N-dealkylation sites (N-methyl/N-ethyl adjacent to an activating group) is 1. The van der Waals surface area contributed by atoms with E-state index in [9.17, 15) is 24.3 Å². The maximum atomic E-state index is 13.5. The van der Waals surface area contributed by atoms with Crippen molar-refractivity contribution in [1.29, 1.82) is 0 Å². The summed E-state index contributed by atoms with van der Waals surface area (Å²) >= 11 is 3.79. The van der Waals surface area contributed by atoms with Crippen LogP contribution in [0.5, 0.6) is 0 Å². The Bertz CT molecular complexity index is 1620. The molecule has 2 saturated heterocycles. The van der Waals surface area contributed by atoms with Gasteiger partial charge in [0.1, 0.15) is 28.9 Å². The fraction of sp³-hybridized carbons (Fsp3) is 0.536. The van der Waals surface area contributed by atoms with Crippen molar-refractivity contribution in [3.05, 3.63) is 34.5 Å². The van der Waals surface area contributed by atoms with E-state index >= 15 is 0 Å². The van der Waals surface area contributed by atoms with Crippen LogP contribution in [0.25, 0.3) is 0 Å². The van der Waals surface area contributed by atoms with E-state index in [2.05, 4.69) is 53.1 Å². The summed E-state index contributed by atoms with van der Waals surface area (Å²) in [7, 11) is 2.13. The number of aryl methyl sites for hydroxylation is 1. The molecule has 2 unspecified atom stereocenters. The number of β-lactam (4-membered cyclic amide) rings is 1. The van der Waals surface area contributed by atoms with E-state index < -0.39 is 29.2 Å². The summed E-state index contributed by atoms with van der Waals surface area (Å²) in [6, 6.07) is -0.985. The van der Waals surface area contributed by atoms with E-state index in [1.807, 2.05) is 12.2 Å². The smallest absolute Gasteiger partial charge is 0.352 e. The number of aromatic nitrogens is 5. The number of nitrogens with zero attached hydrogens (tertiary/aromatic N) is 9. The first kappa shape index (κ1) is 34.0. The third kappa shape index (κ3) is 7.72. The zero-order valence-electron chi connectivity index (χ0n) is 26.1. The molecule has 0 bridgehead atoms. The number of amides is 3. The number of allylic oxidation sites excluding steroid dienone is 1. The maximum absolute atomic E-state index is 13.5. The second kappa shape index (κ2) is 15.6. The highest BCUT2D eigenvalue weighted by Crippen LogP contribution is 2.41. The second-order valence-corrected chi connectivity index (χ2v) is 14.4. The van der Waals surface area contributed by atoms with E-state index in [1.165, 1.54) is 28.4 Å². The number of hydrogen-bond acceptors (Lipinski definition) is 15. The fourth-order valence-electron chi connectivity index (χ4n) is 5.63. The predicted molar refractivity (Wildman–Crippen MR) is 178 cm³/mol. The number of tetrazole rings is 1. The predicted octanol–water partition coefficient (Wildman–Crippen LogP) is 0.306. The molecule has 0 aromatic carbocycles. The number of oxime groups is 1. The van der Waals surface area contributed by atoms with Crippen LogP contribution in [0.4, 0.5) is 5.13 Å². The number of piperazine rings is 1. The van der Waals surface area contributed by atoms with Crippen LogP contribution in [0, 0.1) is 0 Å². The number of anilines is 1. The van der Waals surface area contributed by atoms with E-state index in [0.717, 1.165) is 56.9 Å². The molecule has 0 spiro atoms. The van der Waals surface area contributed by atoms with Gasteiger partial charge in [-0.15, -0.1) is 28.2 Å². The molecule has 17 nitrogen and oxygen atoms in total. The molecule has 1 aliphatic carbocycles. The largest absolute Gasteiger partial charge is 0.477 e. The molecule has 0 saturated carbocycles. The minimum atomic E-state index is -1.22. The number of hydrogen-bond donors (Lipinski definition) is 3. The molecule has 3 N–H and O–H groups in total. The first-order valence-corrected chi connectivity index (χ1v) is 18.3. The van der Waals surface area contributed by atoms with Gasteiger partial charge in [-0.2, -0.15) is 0 Å². The lowest BCUT2D eigenvalue weighted by molar-refractivity contribution is -0.150. The van der Waals surface area contributed by atoms with Crippen LogP contribution in [0.3, 0.4) is 0 Å². The Balaban J connectivity index is 1.08. The van der Waals surface area contributed by atoms with Gasteiger partial charge in [-0.05, 0) is 48.4 Å². The van der Waals surface area contributed by atoms with Gasteiger partial charge in [0.25, 0.3) is 11.8 Å². The van der Waals surface area contributed by atoms with Crippen molar-refractivity contribution < 1.29 is 29.1 Å². The molecule has 2 fully saturated rings. The van der Waals surface area contributed by atoms with Crippen molar-refractivity contribution in [2.24, 2.45) is 5.16 Å². The summed E-state index contributed by atoms with van der Waals surface area (Å²) in [6.07, 6.45) is 6.38. The number of rotatable bonds is 15. The van der Waals surface area contributed by atoms with Crippen LogP contribution in [-0.4, -0.2) is 144 Å². The summed E-state index contributed by atoms with van der Waals surface area (Å²) in [5, 5.41) is 33.2. The average molecular weight is 718 g/mol. The van der Waals surface area contributed by atoms with Gasteiger partial charge in [0.2, 0.25) is 11.6 Å². The second-order valence-electron chi connectivity index (χ2n) is 11.5. The molecule has 4 aliphatic rings. The third-order valence-electron chi connectivity index (χ3n) is 8.24. The molecular formula is C28H35N11O6S3. The number of carbonyl (C=O) groups is 4. The molecule has 3 aliphatic heterocycles. The molecule has 256 valence electrons. The molecule has 2 aromatic heterocycles. The molecular weight excluding hydrogens is 683 g/mol. The van der Waals surface area contributed by atoms with Crippen LogP contribution in [0.15, 0.2) is 39.1 Å². The average Bonchev–Trinajstić information content (AvgIpc) is 3.87. The van der Waals surface area contributed by atoms with Crippen molar-refractivity contribution in [1.82, 2.24) is 45.2 Å². The number of carboxylic acids is 1. The number of carbonyl (C=O) groups excluding carboxylic acids is 3. The van der Waals surface area contributed by atoms with Crippen LogP contribution < -0.4 is 10.6 Å². The lowest BCUT2D eigenvalue weighted by atomic mass is 10.0.